The van der Waals surface area contributed by atoms with Gasteiger partial charge in [-0.2, -0.15) is 5.26 Å². The topological polar surface area (TPSA) is 82.7 Å². The highest BCUT2D eigenvalue weighted by molar-refractivity contribution is 5.97. The number of nitrogens with zero attached hydrogens (tertiary/aromatic N) is 2. The molecule has 30 heavy (non-hydrogen) atoms. The minimum absolute atomic E-state index is 0.130. The number of carbonyl (C=O) groups excluding carboxylic acids is 1. The third-order valence-corrected chi connectivity index (χ3v) is 8.57. The molecule has 2 saturated carbocycles. The lowest BCUT2D eigenvalue weighted by Gasteiger charge is -2.52. The Labute approximate surface area is 179 Å². The summed E-state index contributed by atoms with van der Waals surface area (Å²) in [4.78, 5) is 12.6. The van der Waals surface area contributed by atoms with E-state index in [0.29, 0.717) is 24.7 Å². The third-order valence-electron chi connectivity index (χ3n) is 8.57. The van der Waals surface area contributed by atoms with Gasteiger partial charge in [0.15, 0.2) is 0 Å². The lowest BCUT2D eigenvalue weighted by molar-refractivity contribution is -0.177. The Hall–Kier alpha value is -2.09. The molecule has 0 unspecified atom stereocenters. The van der Waals surface area contributed by atoms with E-state index in [1.165, 1.54) is 11.1 Å². The number of unbranched alkanes of at least 4 members (excludes halogenated alkanes) is 1. The Bertz CT molecular complexity index is 849. The van der Waals surface area contributed by atoms with E-state index in [0.717, 1.165) is 69.9 Å². The van der Waals surface area contributed by atoms with E-state index in [-0.39, 0.29) is 11.4 Å². The summed E-state index contributed by atoms with van der Waals surface area (Å²) >= 11 is 0. The molecule has 4 aliphatic carbocycles. The number of nitriles is 1. The van der Waals surface area contributed by atoms with Crippen molar-refractivity contribution in [2.24, 2.45) is 22.4 Å². The van der Waals surface area contributed by atoms with E-state index in [4.69, 9.17) is 9.94 Å². The van der Waals surface area contributed by atoms with E-state index in [1.807, 2.05) is 0 Å². The first kappa shape index (κ1) is 21.2. The Balaban J connectivity index is 1.63. The van der Waals surface area contributed by atoms with Crippen LogP contribution in [0, 0.1) is 28.6 Å². The zero-order valence-electron chi connectivity index (χ0n) is 18.4. The zero-order valence-corrected chi connectivity index (χ0v) is 18.4. The minimum Gasteiger partial charge on any atom is -0.457 e. The lowest BCUT2D eigenvalue weighted by Crippen LogP contribution is -2.52. The highest BCUT2D eigenvalue weighted by Crippen LogP contribution is 2.65. The minimum atomic E-state index is -0.632. The largest absolute Gasteiger partial charge is 0.457 e. The van der Waals surface area contributed by atoms with Crippen LogP contribution in [0.25, 0.3) is 0 Å². The number of esters is 1. The summed E-state index contributed by atoms with van der Waals surface area (Å²) in [6.07, 6.45) is 12.4. The average molecular weight is 411 g/mol. The van der Waals surface area contributed by atoms with Crippen LogP contribution in [0.15, 0.2) is 28.0 Å². The predicted octanol–water partition coefficient (Wildman–Crippen LogP) is 5.84. The summed E-state index contributed by atoms with van der Waals surface area (Å²) in [7, 11) is 0. The van der Waals surface area contributed by atoms with Gasteiger partial charge in [0.1, 0.15) is 5.60 Å². The molecular formula is C25H34N2O3. The smallest absolute Gasteiger partial charge is 0.306 e. The molecule has 4 rings (SSSR count). The first-order valence-corrected chi connectivity index (χ1v) is 11.7. The molecule has 5 heteroatoms. The van der Waals surface area contributed by atoms with Crippen molar-refractivity contribution in [1.29, 1.82) is 5.26 Å². The van der Waals surface area contributed by atoms with Crippen molar-refractivity contribution in [2.45, 2.75) is 96.5 Å². The van der Waals surface area contributed by atoms with E-state index in [9.17, 15) is 10.1 Å². The van der Waals surface area contributed by atoms with Crippen LogP contribution in [0.2, 0.25) is 0 Å². The zero-order chi connectivity index (χ0) is 21.4. The van der Waals surface area contributed by atoms with Gasteiger partial charge in [0.2, 0.25) is 0 Å². The Morgan fingerprint density at radius 3 is 2.87 bits per heavy atom. The molecule has 0 amide bonds. The molecule has 0 aromatic rings. The molecule has 0 heterocycles. The molecule has 162 valence electrons. The Morgan fingerprint density at radius 2 is 2.13 bits per heavy atom. The normalized spacial score (nSPS) is 36.4. The molecule has 4 atom stereocenters. The van der Waals surface area contributed by atoms with Gasteiger partial charge in [-0.3, -0.25) is 4.79 Å². The van der Waals surface area contributed by atoms with Gasteiger partial charge in [-0.15, -0.1) is 0 Å². The molecule has 0 spiro atoms. The average Bonchev–Trinajstić information content (AvgIpc) is 3.03. The van der Waals surface area contributed by atoms with Crippen LogP contribution >= 0.6 is 0 Å². The highest BCUT2D eigenvalue weighted by atomic mass is 16.6. The number of oxime groups is 1. The van der Waals surface area contributed by atoms with Crippen LogP contribution in [-0.2, 0) is 9.53 Å². The fraction of sp³-hybridized carbons (Fsp3) is 0.720. The van der Waals surface area contributed by atoms with E-state index in [1.54, 1.807) is 5.57 Å². The van der Waals surface area contributed by atoms with Crippen molar-refractivity contribution in [2.75, 3.05) is 0 Å². The molecule has 2 fully saturated rings. The molecule has 0 aromatic carbocycles. The Kier molecular flexibility index (Phi) is 5.79. The second-order valence-electron chi connectivity index (χ2n) is 9.88. The fourth-order valence-electron chi connectivity index (χ4n) is 6.93. The fourth-order valence-corrected chi connectivity index (χ4v) is 6.93. The lowest BCUT2D eigenvalue weighted by atomic mass is 9.54. The number of ether oxygens (including phenoxy) is 1. The van der Waals surface area contributed by atoms with Crippen LogP contribution in [0.1, 0.15) is 90.9 Å². The first-order valence-electron chi connectivity index (χ1n) is 11.7. The van der Waals surface area contributed by atoms with Crippen LogP contribution in [0.3, 0.4) is 0 Å². The number of fused-ring (bicyclic) bond motifs is 4. The summed E-state index contributed by atoms with van der Waals surface area (Å²) in [6.45, 7) is 4.37. The van der Waals surface area contributed by atoms with Gasteiger partial charge < -0.3 is 9.94 Å². The van der Waals surface area contributed by atoms with Gasteiger partial charge in [-0.25, -0.2) is 0 Å². The van der Waals surface area contributed by atoms with Crippen molar-refractivity contribution in [3.05, 3.63) is 22.8 Å². The first-order chi connectivity index (χ1) is 14.5. The number of allylic oxidation sites excluding steroid dienone is 4. The summed E-state index contributed by atoms with van der Waals surface area (Å²) in [5.74, 6) is 0.865. The quantitative estimate of drug-likeness (QED) is 0.351. The van der Waals surface area contributed by atoms with Gasteiger partial charge in [-0.1, -0.05) is 31.0 Å². The summed E-state index contributed by atoms with van der Waals surface area (Å²) < 4.78 is 6.20. The molecule has 0 aliphatic heterocycles. The van der Waals surface area contributed by atoms with Crippen molar-refractivity contribution in [1.82, 2.24) is 0 Å². The molecule has 0 bridgehead atoms. The SMILES string of the molecule is CCCCC(=O)O[C@@]1(CC#N)CC[C@H]2[C@@H]3CCC4=C/C(=N\O)CCC4=C3CC[C@@]21C. The number of hydrogen-bond donors (Lipinski definition) is 1. The third kappa shape index (κ3) is 3.29. The van der Waals surface area contributed by atoms with Gasteiger partial charge in [0.05, 0.1) is 18.2 Å². The summed E-state index contributed by atoms with van der Waals surface area (Å²) in [6, 6.07) is 2.36. The van der Waals surface area contributed by atoms with Gasteiger partial charge in [-0.05, 0) is 86.8 Å². The molecule has 0 aromatic heterocycles. The van der Waals surface area contributed by atoms with Crippen LogP contribution in [0.4, 0.5) is 0 Å². The monoisotopic (exact) mass is 410 g/mol. The molecule has 0 radical (unpaired) electrons. The van der Waals surface area contributed by atoms with Crippen LogP contribution in [0.5, 0.6) is 0 Å². The van der Waals surface area contributed by atoms with Crippen molar-refractivity contribution >= 4 is 11.7 Å². The molecule has 4 aliphatic rings. The van der Waals surface area contributed by atoms with Gasteiger partial charge >= 0.3 is 5.97 Å². The standard InChI is InChI=1S/C25H34N2O3/c1-3-4-5-23(28)30-25(14-15-26)13-11-22-21-8-6-17-16-18(27-29)7-9-19(17)20(21)10-12-24(22,25)2/h16,21-22,29H,3-14H2,1-2H3/b27-18-/t21-,22+,24+,25-/m1/s1. The second kappa shape index (κ2) is 8.21. The maximum absolute atomic E-state index is 12.6. The predicted molar refractivity (Wildman–Crippen MR) is 115 cm³/mol. The number of rotatable bonds is 5. The summed E-state index contributed by atoms with van der Waals surface area (Å²) in [5, 5.41) is 22.2. The van der Waals surface area contributed by atoms with E-state index < -0.39 is 5.60 Å². The molecule has 1 N–H and O–H groups in total. The molecule has 0 saturated heterocycles. The highest BCUT2D eigenvalue weighted by Gasteiger charge is 2.63. The van der Waals surface area contributed by atoms with Crippen molar-refractivity contribution in [3.8, 4) is 6.07 Å². The number of carbonyl (C=O) groups is 1. The Morgan fingerprint density at radius 1 is 1.30 bits per heavy atom. The maximum atomic E-state index is 12.6. The van der Waals surface area contributed by atoms with Crippen LogP contribution in [-0.4, -0.2) is 22.5 Å². The van der Waals surface area contributed by atoms with Gasteiger partial charge in [0.25, 0.3) is 0 Å². The second-order valence-corrected chi connectivity index (χ2v) is 9.88. The number of hydrogen-bond acceptors (Lipinski definition) is 5. The summed E-state index contributed by atoms with van der Waals surface area (Å²) in [5.41, 5.74) is 4.48. The molecule has 5 nitrogen and oxygen atoms in total. The van der Waals surface area contributed by atoms with Crippen LogP contribution < -0.4 is 0 Å². The van der Waals surface area contributed by atoms with Gasteiger partial charge in [0, 0.05) is 11.8 Å². The van der Waals surface area contributed by atoms with E-state index in [2.05, 4.69) is 31.1 Å². The van der Waals surface area contributed by atoms with Crippen molar-refractivity contribution in [3.63, 3.8) is 0 Å². The van der Waals surface area contributed by atoms with Crippen molar-refractivity contribution < 1.29 is 14.7 Å². The van der Waals surface area contributed by atoms with E-state index >= 15 is 0 Å². The maximum Gasteiger partial charge on any atom is 0.306 e. The molecular weight excluding hydrogens is 376 g/mol.